The highest BCUT2D eigenvalue weighted by Gasteiger charge is 2.55. The molecule has 0 bridgehead atoms. The van der Waals surface area contributed by atoms with Gasteiger partial charge in [-0.15, -0.1) is 0 Å². The van der Waals surface area contributed by atoms with E-state index in [0.29, 0.717) is 0 Å². The van der Waals surface area contributed by atoms with Crippen molar-refractivity contribution in [2.24, 2.45) is 0 Å². The van der Waals surface area contributed by atoms with Crippen LogP contribution in [0.5, 0.6) is 0 Å². The molecule has 2 aliphatic heterocycles. The van der Waals surface area contributed by atoms with Crippen molar-refractivity contribution in [2.75, 3.05) is 0 Å². The van der Waals surface area contributed by atoms with Crippen LogP contribution in [-0.4, -0.2) is 21.9 Å². The Morgan fingerprint density at radius 2 is 1.02 bits per heavy atom. The van der Waals surface area contributed by atoms with E-state index in [4.69, 9.17) is 0 Å². The van der Waals surface area contributed by atoms with Crippen LogP contribution in [0.2, 0.25) is 0 Å². The Kier molecular flexibility index (Phi) is 5.59. The lowest BCUT2D eigenvalue weighted by Crippen LogP contribution is -2.40. The van der Waals surface area contributed by atoms with Gasteiger partial charge in [0, 0.05) is 16.3 Å². The molecule has 7 aromatic carbocycles. The lowest BCUT2D eigenvalue weighted by molar-refractivity contribution is -0.288. The summed E-state index contributed by atoms with van der Waals surface area (Å²) in [6.07, 6.45) is 0. The van der Waals surface area contributed by atoms with Crippen LogP contribution in [-0.2, 0) is 0 Å². The van der Waals surface area contributed by atoms with Gasteiger partial charge in [0.15, 0.2) is 0 Å². The van der Waals surface area contributed by atoms with E-state index in [1.54, 1.807) is 0 Å². The molecule has 0 saturated carbocycles. The highest BCUT2D eigenvalue weighted by molar-refractivity contribution is 6.49. The fourth-order valence-electron chi connectivity index (χ4n) is 7.97. The maximum absolute atomic E-state index is 18.3. The SMILES string of the molecule is FB1n2c(c3ccc4ccccc4c3c2-c2ccccc2)C(c2ccccc2)=C2c3ccc4ccccc4c3C(c3ccccc3)=[N+]12. The summed E-state index contributed by atoms with van der Waals surface area (Å²) >= 11 is 0. The number of hydrogen-bond donors (Lipinski definition) is 0. The van der Waals surface area contributed by atoms with Gasteiger partial charge in [-0.05, 0) is 50.9 Å². The predicted octanol–water partition coefficient (Wildman–Crippen LogP) is 10.2. The van der Waals surface area contributed by atoms with Gasteiger partial charge >= 0.3 is 7.26 Å². The van der Waals surface area contributed by atoms with E-state index < -0.39 is 7.26 Å². The van der Waals surface area contributed by atoms with Crippen molar-refractivity contribution in [3.05, 3.63) is 192 Å². The fourth-order valence-corrected chi connectivity index (χ4v) is 7.97. The first-order valence-corrected chi connectivity index (χ1v) is 16.1. The molecule has 4 heteroatoms. The van der Waals surface area contributed by atoms with Crippen LogP contribution in [0.3, 0.4) is 0 Å². The molecule has 0 atom stereocenters. The van der Waals surface area contributed by atoms with Crippen LogP contribution in [0.15, 0.2) is 164 Å². The lowest BCUT2D eigenvalue weighted by atomic mass is 9.86. The zero-order chi connectivity index (χ0) is 31.1. The summed E-state index contributed by atoms with van der Waals surface area (Å²) in [5.74, 6) is 0. The topological polar surface area (TPSA) is 7.94 Å². The van der Waals surface area contributed by atoms with E-state index in [1.807, 2.05) is 51.4 Å². The van der Waals surface area contributed by atoms with Gasteiger partial charge in [-0.2, -0.15) is 0 Å². The second-order valence-corrected chi connectivity index (χ2v) is 12.3. The Balaban J connectivity index is 1.47. The second kappa shape index (κ2) is 10.0. The van der Waals surface area contributed by atoms with Crippen LogP contribution in [0, 0.1) is 0 Å². The number of halogens is 1. The maximum Gasteiger partial charge on any atom is 0.847 e. The first kappa shape index (κ1) is 26.2. The van der Waals surface area contributed by atoms with E-state index in [2.05, 4.69) is 121 Å². The van der Waals surface area contributed by atoms with E-state index in [9.17, 15) is 0 Å². The molecule has 0 fully saturated rings. The Hall–Kier alpha value is -6.00. The minimum absolute atomic E-state index is 0.889. The zero-order valence-electron chi connectivity index (χ0n) is 25.4. The summed E-state index contributed by atoms with van der Waals surface area (Å²) in [6.45, 7) is 0. The molecule has 1 aromatic heterocycles. The smallest absolute Gasteiger partial charge is 0.284 e. The third-order valence-electron chi connectivity index (χ3n) is 9.86. The Bertz CT molecular complexity index is 2620. The highest BCUT2D eigenvalue weighted by Crippen LogP contribution is 2.50. The summed E-state index contributed by atoms with van der Waals surface area (Å²) in [5, 5.41) is 6.63. The number of rotatable bonds is 3. The molecule has 47 heavy (non-hydrogen) atoms. The molecular weight excluding hydrogens is 574 g/mol. The van der Waals surface area contributed by atoms with Crippen LogP contribution >= 0.6 is 0 Å². The molecule has 0 radical (unpaired) electrons. The first-order chi connectivity index (χ1) is 23.3. The van der Waals surface area contributed by atoms with Crippen molar-refractivity contribution in [1.29, 1.82) is 0 Å². The van der Waals surface area contributed by atoms with Crippen molar-refractivity contribution in [3.8, 4) is 11.3 Å². The molecule has 0 unspecified atom stereocenters. The Morgan fingerprint density at radius 1 is 0.468 bits per heavy atom. The molecule has 0 spiro atoms. The summed E-state index contributed by atoms with van der Waals surface area (Å²) in [7, 11) is -1.50. The van der Waals surface area contributed by atoms with Crippen molar-refractivity contribution in [3.63, 3.8) is 0 Å². The molecular formula is C43H27BFN2+. The highest BCUT2D eigenvalue weighted by atomic mass is 19.1. The molecule has 0 aliphatic carbocycles. The monoisotopic (exact) mass is 601 g/mol. The zero-order valence-corrected chi connectivity index (χ0v) is 25.4. The van der Waals surface area contributed by atoms with Gasteiger partial charge in [-0.3, -0.25) is 4.48 Å². The van der Waals surface area contributed by atoms with Crippen LogP contribution in [0.1, 0.15) is 27.9 Å². The van der Waals surface area contributed by atoms with Gasteiger partial charge in [0.1, 0.15) is 0 Å². The van der Waals surface area contributed by atoms with Crippen LogP contribution < -0.4 is 0 Å². The average molecular weight is 602 g/mol. The van der Waals surface area contributed by atoms with Gasteiger partial charge in [0.2, 0.25) is 11.4 Å². The van der Waals surface area contributed by atoms with E-state index >= 15 is 4.32 Å². The van der Waals surface area contributed by atoms with Crippen molar-refractivity contribution in [1.82, 2.24) is 4.48 Å². The lowest BCUT2D eigenvalue weighted by Gasteiger charge is -2.22. The minimum atomic E-state index is -1.50. The minimum Gasteiger partial charge on any atom is -0.284 e. The number of hydrogen-bond acceptors (Lipinski definition) is 0. The van der Waals surface area contributed by atoms with Crippen LogP contribution in [0.4, 0.5) is 4.32 Å². The largest absolute Gasteiger partial charge is 0.847 e. The summed E-state index contributed by atoms with van der Waals surface area (Å²) < 4.78 is 22.3. The molecule has 2 aliphatic rings. The fraction of sp³-hybridized carbons (Fsp3) is 0. The van der Waals surface area contributed by atoms with Gasteiger partial charge in [0.25, 0.3) is 0 Å². The van der Waals surface area contributed by atoms with Gasteiger partial charge < -0.3 is 0 Å². The third-order valence-corrected chi connectivity index (χ3v) is 9.86. The maximum atomic E-state index is 18.3. The molecule has 10 rings (SSSR count). The molecule has 218 valence electrons. The third kappa shape index (κ3) is 3.64. The number of aromatic nitrogens is 1. The first-order valence-electron chi connectivity index (χ1n) is 16.1. The average Bonchev–Trinajstić information content (AvgIpc) is 3.68. The molecule has 2 nitrogen and oxygen atoms in total. The Labute approximate surface area is 272 Å². The van der Waals surface area contributed by atoms with Crippen molar-refractivity contribution in [2.45, 2.75) is 0 Å². The summed E-state index contributed by atoms with van der Waals surface area (Å²) in [4.78, 5) is 0. The van der Waals surface area contributed by atoms with E-state index in [-0.39, 0.29) is 0 Å². The Morgan fingerprint density at radius 3 is 1.72 bits per heavy atom. The second-order valence-electron chi connectivity index (χ2n) is 12.3. The predicted molar refractivity (Wildman–Crippen MR) is 193 cm³/mol. The van der Waals surface area contributed by atoms with Crippen LogP contribution in [0.25, 0.3) is 54.8 Å². The quantitative estimate of drug-likeness (QED) is 0.178. The summed E-state index contributed by atoms with van der Waals surface area (Å²) in [5.41, 5.74) is 9.77. The molecule has 8 aromatic rings. The number of nitrogens with zero attached hydrogens (tertiary/aromatic N) is 2. The molecule has 0 N–H and O–H groups in total. The molecule has 0 saturated heterocycles. The van der Waals surface area contributed by atoms with E-state index in [0.717, 1.165) is 88.5 Å². The standard InChI is InChI=1S/C43H27BFN2/c45-44-46-40(31-18-6-2-7-19-31)38-33-22-12-10-14-28(33)24-26-35(38)42(46)37(30-16-4-1-5-17-30)43-36-27-25-29-15-11-13-23-34(29)39(36)41(47(43)44)32-20-8-3-9-21-32/h1-27H/q+1. The van der Waals surface area contributed by atoms with Crippen molar-refractivity contribution >= 4 is 56.6 Å². The number of benzene rings is 7. The van der Waals surface area contributed by atoms with Crippen molar-refractivity contribution < 1.29 is 8.80 Å². The molecule has 0 amide bonds. The van der Waals surface area contributed by atoms with E-state index in [1.165, 1.54) is 0 Å². The van der Waals surface area contributed by atoms with Gasteiger partial charge in [-0.1, -0.05) is 146 Å². The molecule has 3 heterocycles. The van der Waals surface area contributed by atoms with Gasteiger partial charge in [-0.25, -0.2) is 8.80 Å². The van der Waals surface area contributed by atoms with Gasteiger partial charge in [0.05, 0.1) is 28.1 Å². The summed E-state index contributed by atoms with van der Waals surface area (Å²) in [6, 6.07) is 56.8. The number of fused-ring (bicyclic) bond motifs is 10. The normalized spacial score (nSPS) is 13.9.